The summed E-state index contributed by atoms with van der Waals surface area (Å²) in [6.45, 7) is 1.94. The molecular weight excluding hydrogens is 500 g/mol. The van der Waals surface area contributed by atoms with Crippen LogP contribution in [0.3, 0.4) is 0 Å². The number of pyridine rings is 3. The number of hydrogen-bond donors (Lipinski definition) is 3. The van der Waals surface area contributed by atoms with Gasteiger partial charge in [0.15, 0.2) is 0 Å². The Bertz CT molecular complexity index is 1510. The number of H-pyrrole nitrogens is 1. The topological polar surface area (TPSA) is 114 Å². The molecule has 5 heterocycles. The van der Waals surface area contributed by atoms with E-state index in [4.69, 9.17) is 15.5 Å². The van der Waals surface area contributed by atoms with Crippen LogP contribution in [0.25, 0.3) is 16.6 Å². The van der Waals surface area contributed by atoms with Crippen LogP contribution in [-0.4, -0.2) is 52.4 Å². The van der Waals surface area contributed by atoms with Crippen molar-refractivity contribution in [2.45, 2.75) is 38.1 Å². The van der Waals surface area contributed by atoms with E-state index in [0.29, 0.717) is 47.6 Å². The summed E-state index contributed by atoms with van der Waals surface area (Å²) < 4.78 is 33.8. The van der Waals surface area contributed by atoms with E-state index in [-0.39, 0.29) is 6.04 Å². The first-order chi connectivity index (χ1) is 19.0. The van der Waals surface area contributed by atoms with E-state index in [1.807, 2.05) is 18.5 Å². The molecule has 5 rings (SSSR count). The van der Waals surface area contributed by atoms with Gasteiger partial charge in [-0.25, -0.2) is 19.3 Å². The fourth-order valence-electron chi connectivity index (χ4n) is 4.79. The number of nitrogens with two attached hydrogens (primary N) is 1. The molecule has 0 aromatic carbocycles. The van der Waals surface area contributed by atoms with Crippen molar-refractivity contribution in [2.75, 3.05) is 20.2 Å². The van der Waals surface area contributed by atoms with E-state index >= 15 is 4.39 Å². The standard InChI is InChI=1S/C29H31F2N7O/c1-39-29-19(11-23(30)17-37-29)3-5-25-4-2-18(27(31)38-25)10-21-15-36-28-26(21)12-20(14-35-28)22(13-32)16-34-24-6-8-33-9-7-24/h2,4,11-17,24,33H,3,5-10,32H2,1H3,(H,35,36)/b22-13+,34-16?. The molecule has 0 spiro atoms. The van der Waals surface area contributed by atoms with E-state index < -0.39 is 11.8 Å². The van der Waals surface area contributed by atoms with Crippen LogP contribution in [0.15, 0.2) is 54.0 Å². The Morgan fingerprint density at radius 1 is 1.10 bits per heavy atom. The smallest absolute Gasteiger partial charge is 0.216 e. The molecule has 0 radical (unpaired) electrons. The fourth-order valence-corrected chi connectivity index (χ4v) is 4.79. The number of rotatable bonds is 9. The lowest BCUT2D eigenvalue weighted by molar-refractivity contribution is 0.390. The normalized spacial score (nSPS) is 14.9. The van der Waals surface area contributed by atoms with Gasteiger partial charge in [-0.1, -0.05) is 6.07 Å². The van der Waals surface area contributed by atoms with Crippen LogP contribution in [0.5, 0.6) is 5.88 Å². The largest absolute Gasteiger partial charge is 0.481 e. The summed E-state index contributed by atoms with van der Waals surface area (Å²) in [5.41, 5.74) is 10.8. The van der Waals surface area contributed by atoms with Gasteiger partial charge in [-0.2, -0.15) is 4.39 Å². The number of allylic oxidation sites excluding steroid dienone is 1. The zero-order chi connectivity index (χ0) is 27.2. The number of aryl methyl sites for hydroxylation is 2. The Kier molecular flexibility index (Phi) is 8.21. The van der Waals surface area contributed by atoms with Gasteiger partial charge in [0, 0.05) is 64.6 Å². The minimum absolute atomic E-state index is 0.284. The molecule has 202 valence electrons. The number of ether oxygens (including phenoxy) is 1. The maximum Gasteiger partial charge on any atom is 0.216 e. The number of hydrogen-bond acceptors (Lipinski definition) is 7. The SMILES string of the molecule is COc1ncc(F)cc1CCc1ccc(Cc2c[nH]c3ncc(/C(C=NC4CCNCC4)=C/N)cc23)c(F)n1. The summed E-state index contributed by atoms with van der Waals surface area (Å²) in [6.07, 6.45) is 11.3. The predicted molar refractivity (Wildman–Crippen MR) is 148 cm³/mol. The molecule has 1 fully saturated rings. The quantitative estimate of drug-likeness (QED) is 0.221. The molecule has 10 heteroatoms. The van der Waals surface area contributed by atoms with Gasteiger partial charge in [0.1, 0.15) is 11.5 Å². The minimum Gasteiger partial charge on any atom is -0.481 e. The minimum atomic E-state index is -0.535. The van der Waals surface area contributed by atoms with Crippen LogP contribution in [-0.2, 0) is 19.3 Å². The fraction of sp³-hybridized carbons (Fsp3) is 0.310. The van der Waals surface area contributed by atoms with E-state index in [9.17, 15) is 4.39 Å². The third-order valence-corrected chi connectivity index (χ3v) is 6.96. The van der Waals surface area contributed by atoms with Crippen LogP contribution in [0.2, 0.25) is 0 Å². The van der Waals surface area contributed by atoms with Crippen LogP contribution in [0.4, 0.5) is 8.78 Å². The Morgan fingerprint density at radius 3 is 2.72 bits per heavy atom. The van der Waals surface area contributed by atoms with Crippen LogP contribution in [0.1, 0.15) is 40.8 Å². The second-order valence-corrected chi connectivity index (χ2v) is 9.57. The molecule has 39 heavy (non-hydrogen) atoms. The summed E-state index contributed by atoms with van der Waals surface area (Å²) in [7, 11) is 1.48. The van der Waals surface area contributed by atoms with Crippen molar-refractivity contribution in [3.63, 3.8) is 0 Å². The molecule has 0 saturated carbocycles. The Hall–Kier alpha value is -4.18. The maximum atomic E-state index is 15.0. The highest BCUT2D eigenvalue weighted by Gasteiger charge is 2.14. The van der Waals surface area contributed by atoms with Crippen molar-refractivity contribution in [3.8, 4) is 5.88 Å². The molecule has 1 aliphatic rings. The molecule has 0 amide bonds. The van der Waals surface area contributed by atoms with Crippen LogP contribution >= 0.6 is 0 Å². The Labute approximate surface area is 225 Å². The highest BCUT2D eigenvalue weighted by atomic mass is 19.1. The van der Waals surface area contributed by atoms with Crippen molar-refractivity contribution < 1.29 is 13.5 Å². The van der Waals surface area contributed by atoms with Gasteiger partial charge in [-0.15, -0.1) is 0 Å². The zero-order valence-corrected chi connectivity index (χ0v) is 21.8. The van der Waals surface area contributed by atoms with Gasteiger partial charge in [0.25, 0.3) is 0 Å². The summed E-state index contributed by atoms with van der Waals surface area (Å²) in [6, 6.07) is 7.20. The Morgan fingerprint density at radius 2 is 1.95 bits per heavy atom. The second-order valence-electron chi connectivity index (χ2n) is 9.57. The first-order valence-electron chi connectivity index (χ1n) is 13.0. The molecule has 0 aliphatic carbocycles. The summed E-state index contributed by atoms with van der Waals surface area (Å²) in [5.74, 6) is -0.627. The average molecular weight is 532 g/mol. The third-order valence-electron chi connectivity index (χ3n) is 6.96. The molecular formula is C29H31F2N7O. The zero-order valence-electron chi connectivity index (χ0n) is 21.8. The monoisotopic (exact) mass is 531 g/mol. The van der Waals surface area contributed by atoms with E-state index in [1.165, 1.54) is 19.4 Å². The highest BCUT2D eigenvalue weighted by molar-refractivity contribution is 6.10. The van der Waals surface area contributed by atoms with Gasteiger partial charge < -0.3 is 20.8 Å². The molecule has 4 aromatic heterocycles. The highest BCUT2D eigenvalue weighted by Crippen LogP contribution is 2.25. The van der Waals surface area contributed by atoms with Crippen LogP contribution < -0.4 is 15.8 Å². The van der Waals surface area contributed by atoms with E-state index in [0.717, 1.165) is 54.2 Å². The van der Waals surface area contributed by atoms with E-state index in [2.05, 4.69) is 25.3 Å². The number of aromatic nitrogens is 4. The number of aliphatic imine (C=N–C) groups is 1. The summed E-state index contributed by atoms with van der Waals surface area (Å²) >= 11 is 0. The van der Waals surface area contributed by atoms with Crippen molar-refractivity contribution in [3.05, 3.63) is 88.8 Å². The first-order valence-corrected chi connectivity index (χ1v) is 13.0. The second kappa shape index (κ2) is 12.1. The van der Waals surface area contributed by atoms with Crippen molar-refractivity contribution in [2.24, 2.45) is 10.7 Å². The van der Waals surface area contributed by atoms with Gasteiger partial charge in [0.05, 0.1) is 19.3 Å². The van der Waals surface area contributed by atoms with Gasteiger partial charge >= 0.3 is 0 Å². The van der Waals surface area contributed by atoms with E-state index in [1.54, 1.807) is 18.3 Å². The third kappa shape index (κ3) is 6.28. The lowest BCUT2D eigenvalue weighted by Crippen LogP contribution is -2.29. The number of halogens is 2. The van der Waals surface area contributed by atoms with Gasteiger partial charge in [-0.05, 0) is 62.5 Å². The first kappa shape index (κ1) is 26.4. The molecule has 0 unspecified atom stereocenters. The molecule has 4 aromatic rings. The molecule has 1 aliphatic heterocycles. The number of methoxy groups -OCH3 is 1. The lowest BCUT2D eigenvalue weighted by Gasteiger charge is -2.18. The van der Waals surface area contributed by atoms with Gasteiger partial charge in [-0.3, -0.25) is 4.99 Å². The predicted octanol–water partition coefficient (Wildman–Crippen LogP) is 4.14. The molecule has 1 saturated heterocycles. The molecule has 0 atom stereocenters. The van der Waals surface area contributed by atoms with Crippen molar-refractivity contribution in [1.82, 2.24) is 25.3 Å². The average Bonchev–Trinajstić information content (AvgIpc) is 3.36. The van der Waals surface area contributed by atoms with Gasteiger partial charge in [0.2, 0.25) is 11.8 Å². The maximum absolute atomic E-state index is 15.0. The number of nitrogens with one attached hydrogen (secondary N) is 2. The van der Waals surface area contributed by atoms with Crippen molar-refractivity contribution >= 4 is 22.8 Å². The van der Waals surface area contributed by atoms with Crippen LogP contribution in [0, 0.1) is 11.8 Å². The Balaban J connectivity index is 1.31. The molecule has 8 nitrogen and oxygen atoms in total. The number of nitrogens with zero attached hydrogens (tertiary/aromatic N) is 4. The number of aromatic amines is 1. The molecule has 4 N–H and O–H groups in total. The summed E-state index contributed by atoms with van der Waals surface area (Å²) in [5, 5.41) is 4.23. The van der Waals surface area contributed by atoms with Crippen molar-refractivity contribution in [1.29, 1.82) is 0 Å². The summed E-state index contributed by atoms with van der Waals surface area (Å²) in [4.78, 5) is 20.5. The lowest BCUT2D eigenvalue weighted by atomic mass is 10.0. The number of piperidine rings is 1. The number of fused-ring (bicyclic) bond motifs is 1. The molecule has 0 bridgehead atoms.